The molecule has 1 aromatic rings. The molecule has 106 valence electrons. The Kier molecular flexibility index (Phi) is 5.31. The molecule has 1 rings (SSSR count). The number of carbonyl (C=O) groups excluding carboxylic acids is 1. The number of hydrogen-bond donors (Lipinski definition) is 2. The van der Waals surface area contributed by atoms with E-state index >= 15 is 0 Å². The average Bonchev–Trinajstić information content (AvgIpc) is 2.30. The predicted octanol–water partition coefficient (Wildman–Crippen LogP) is 0.491. The zero-order chi connectivity index (χ0) is 14.5. The van der Waals surface area contributed by atoms with Crippen LogP contribution >= 0.6 is 0 Å². The van der Waals surface area contributed by atoms with Gasteiger partial charge in [0.1, 0.15) is 6.04 Å². The molecule has 0 spiro atoms. The maximum atomic E-state index is 11.4. The van der Waals surface area contributed by atoms with Crippen LogP contribution in [0.15, 0.2) is 24.3 Å². The van der Waals surface area contributed by atoms with Gasteiger partial charge in [-0.2, -0.15) is 0 Å². The number of ether oxygens (including phenoxy) is 1. The molecule has 0 aliphatic carbocycles. The highest BCUT2D eigenvalue weighted by Gasteiger charge is 2.14. The van der Waals surface area contributed by atoms with Crippen LogP contribution in [0.5, 0.6) is 0 Å². The Morgan fingerprint density at radius 2 is 1.95 bits per heavy atom. The van der Waals surface area contributed by atoms with Crippen molar-refractivity contribution >= 4 is 21.7 Å². The van der Waals surface area contributed by atoms with E-state index in [0.717, 1.165) is 11.8 Å². The second-order valence-electron chi connectivity index (χ2n) is 4.13. The van der Waals surface area contributed by atoms with Crippen molar-refractivity contribution in [1.82, 2.24) is 0 Å². The van der Waals surface area contributed by atoms with Crippen LogP contribution in [0, 0.1) is 0 Å². The summed E-state index contributed by atoms with van der Waals surface area (Å²) in [6.45, 7) is 2.01. The van der Waals surface area contributed by atoms with Crippen LogP contribution < -0.4 is 10.5 Å². The molecule has 3 N–H and O–H groups in total. The van der Waals surface area contributed by atoms with E-state index < -0.39 is 22.0 Å². The van der Waals surface area contributed by atoms with E-state index in [4.69, 9.17) is 10.5 Å². The number of esters is 1. The summed E-state index contributed by atoms with van der Waals surface area (Å²) >= 11 is 0. The topological polar surface area (TPSA) is 98.5 Å². The van der Waals surface area contributed by atoms with Crippen molar-refractivity contribution in [2.24, 2.45) is 5.73 Å². The lowest BCUT2D eigenvalue weighted by Crippen LogP contribution is -2.34. The quantitative estimate of drug-likeness (QED) is 0.742. The van der Waals surface area contributed by atoms with Crippen LogP contribution in [-0.4, -0.2) is 33.3 Å². The van der Waals surface area contributed by atoms with Crippen LogP contribution in [0.25, 0.3) is 0 Å². The molecule has 6 nitrogen and oxygen atoms in total. The second-order valence-corrected chi connectivity index (χ2v) is 5.88. The van der Waals surface area contributed by atoms with Crippen molar-refractivity contribution in [2.45, 2.75) is 19.4 Å². The summed E-state index contributed by atoms with van der Waals surface area (Å²) in [6, 6.07) is 5.95. The molecule has 0 amide bonds. The fourth-order valence-electron chi connectivity index (χ4n) is 1.51. The van der Waals surface area contributed by atoms with E-state index in [1.807, 2.05) is 0 Å². The Hall–Kier alpha value is -1.60. The minimum Gasteiger partial charge on any atom is -0.465 e. The van der Waals surface area contributed by atoms with Crippen LogP contribution in [0.1, 0.15) is 12.5 Å². The molecule has 0 fully saturated rings. The summed E-state index contributed by atoms with van der Waals surface area (Å²) in [5.41, 5.74) is 6.99. The second kappa shape index (κ2) is 6.53. The van der Waals surface area contributed by atoms with Gasteiger partial charge in [0, 0.05) is 5.69 Å². The van der Waals surface area contributed by atoms with Crippen LogP contribution in [0.2, 0.25) is 0 Å². The Labute approximate surface area is 113 Å². The smallest absolute Gasteiger partial charge is 0.323 e. The Morgan fingerprint density at radius 1 is 1.37 bits per heavy atom. The first-order valence-electron chi connectivity index (χ1n) is 5.80. The fraction of sp³-hybridized carbons (Fsp3) is 0.417. The van der Waals surface area contributed by atoms with E-state index in [9.17, 15) is 13.2 Å². The van der Waals surface area contributed by atoms with Crippen molar-refractivity contribution in [3.05, 3.63) is 29.8 Å². The third-order valence-electron chi connectivity index (χ3n) is 2.30. The van der Waals surface area contributed by atoms with Crippen LogP contribution in [-0.2, 0) is 26.0 Å². The van der Waals surface area contributed by atoms with Gasteiger partial charge in [-0.1, -0.05) is 12.1 Å². The number of nitrogens with one attached hydrogen (secondary N) is 1. The molecule has 0 saturated carbocycles. The number of sulfonamides is 1. The molecular weight excluding hydrogens is 268 g/mol. The summed E-state index contributed by atoms with van der Waals surface area (Å²) in [5.74, 6) is -0.444. The summed E-state index contributed by atoms with van der Waals surface area (Å²) in [4.78, 5) is 11.4. The number of rotatable bonds is 6. The Bertz CT molecular complexity index is 525. The summed E-state index contributed by atoms with van der Waals surface area (Å²) in [7, 11) is -3.28. The van der Waals surface area contributed by atoms with Gasteiger partial charge in [0.2, 0.25) is 10.0 Å². The maximum absolute atomic E-state index is 11.4. The molecule has 0 saturated heterocycles. The summed E-state index contributed by atoms with van der Waals surface area (Å²) in [6.07, 6.45) is 1.43. The van der Waals surface area contributed by atoms with Gasteiger partial charge in [-0.05, 0) is 31.0 Å². The van der Waals surface area contributed by atoms with E-state index in [2.05, 4.69) is 4.72 Å². The van der Waals surface area contributed by atoms with E-state index in [1.54, 1.807) is 31.2 Å². The van der Waals surface area contributed by atoms with Gasteiger partial charge >= 0.3 is 5.97 Å². The Balaban J connectivity index is 2.64. The summed E-state index contributed by atoms with van der Waals surface area (Å²) in [5, 5.41) is 0. The number of benzene rings is 1. The van der Waals surface area contributed by atoms with Crippen molar-refractivity contribution in [2.75, 3.05) is 17.6 Å². The van der Waals surface area contributed by atoms with Crippen LogP contribution in [0.4, 0.5) is 5.69 Å². The van der Waals surface area contributed by atoms with Gasteiger partial charge in [-0.15, -0.1) is 0 Å². The zero-order valence-corrected chi connectivity index (χ0v) is 11.7. The van der Waals surface area contributed by atoms with Crippen molar-refractivity contribution in [1.29, 1.82) is 0 Å². The van der Waals surface area contributed by atoms with Crippen molar-refractivity contribution < 1.29 is 17.9 Å². The molecule has 7 heteroatoms. The average molecular weight is 286 g/mol. The van der Waals surface area contributed by atoms with E-state index in [0.29, 0.717) is 18.7 Å². The molecule has 1 unspecified atom stereocenters. The minimum atomic E-state index is -3.28. The first-order valence-corrected chi connectivity index (χ1v) is 7.70. The number of nitrogens with two attached hydrogens (primary N) is 1. The maximum Gasteiger partial charge on any atom is 0.323 e. The minimum absolute atomic E-state index is 0.295. The largest absolute Gasteiger partial charge is 0.465 e. The first kappa shape index (κ1) is 15.5. The highest BCUT2D eigenvalue weighted by molar-refractivity contribution is 7.92. The van der Waals surface area contributed by atoms with Gasteiger partial charge in [0.05, 0.1) is 12.9 Å². The van der Waals surface area contributed by atoms with Crippen LogP contribution in [0.3, 0.4) is 0 Å². The fourth-order valence-corrected chi connectivity index (χ4v) is 2.07. The number of hydrogen-bond acceptors (Lipinski definition) is 5. The van der Waals surface area contributed by atoms with Gasteiger partial charge in [-0.25, -0.2) is 8.42 Å². The van der Waals surface area contributed by atoms with Gasteiger partial charge in [0.25, 0.3) is 0 Å². The van der Waals surface area contributed by atoms with Gasteiger partial charge < -0.3 is 10.5 Å². The first-order chi connectivity index (χ1) is 8.81. The highest BCUT2D eigenvalue weighted by atomic mass is 32.2. The van der Waals surface area contributed by atoms with E-state index in [1.165, 1.54) is 0 Å². The van der Waals surface area contributed by atoms with Crippen molar-refractivity contribution in [3.63, 3.8) is 0 Å². The molecule has 0 bridgehead atoms. The monoisotopic (exact) mass is 286 g/mol. The molecule has 19 heavy (non-hydrogen) atoms. The van der Waals surface area contributed by atoms with E-state index in [-0.39, 0.29) is 0 Å². The molecule has 0 aromatic heterocycles. The van der Waals surface area contributed by atoms with Gasteiger partial charge in [-0.3, -0.25) is 9.52 Å². The van der Waals surface area contributed by atoms with Crippen molar-refractivity contribution in [3.8, 4) is 0 Å². The Morgan fingerprint density at radius 3 is 2.42 bits per heavy atom. The summed E-state index contributed by atoms with van der Waals surface area (Å²) < 4.78 is 29.2. The van der Waals surface area contributed by atoms with Gasteiger partial charge in [0.15, 0.2) is 0 Å². The highest BCUT2D eigenvalue weighted by Crippen LogP contribution is 2.12. The number of carbonyl (C=O) groups is 1. The molecule has 0 aliphatic heterocycles. The molecular formula is C12H18N2O4S. The molecule has 0 radical (unpaired) electrons. The zero-order valence-electron chi connectivity index (χ0n) is 10.9. The lowest BCUT2D eigenvalue weighted by molar-refractivity contribution is -0.144. The molecule has 1 aromatic carbocycles. The standard InChI is InChI=1S/C12H18N2O4S/c1-3-18-12(15)11(13)8-9-4-6-10(7-5-9)14-19(2,16)17/h4-7,11,14H,3,8,13H2,1-2H3. The lowest BCUT2D eigenvalue weighted by atomic mass is 10.1. The third-order valence-corrected chi connectivity index (χ3v) is 2.91. The predicted molar refractivity (Wildman–Crippen MR) is 73.2 cm³/mol. The molecule has 0 heterocycles. The number of anilines is 1. The molecule has 1 atom stereocenters. The SMILES string of the molecule is CCOC(=O)C(N)Cc1ccc(NS(C)(=O)=O)cc1. The third kappa shape index (κ3) is 5.71. The normalized spacial score (nSPS) is 12.8. The molecule has 0 aliphatic rings. The lowest BCUT2D eigenvalue weighted by Gasteiger charge is -2.11.